The molecule has 20 heavy (non-hydrogen) atoms. The van der Waals surface area contributed by atoms with Crippen molar-refractivity contribution in [2.75, 3.05) is 0 Å². The Morgan fingerprint density at radius 3 is 2.75 bits per heavy atom. The lowest BCUT2D eigenvalue weighted by atomic mass is 10.1. The summed E-state index contributed by atoms with van der Waals surface area (Å²) in [6, 6.07) is 8.59. The Kier molecular flexibility index (Phi) is 4.38. The molecule has 1 unspecified atom stereocenters. The maximum atomic E-state index is 11.7. The van der Waals surface area contributed by atoms with E-state index >= 15 is 0 Å². The van der Waals surface area contributed by atoms with Gasteiger partial charge in [0.05, 0.1) is 6.07 Å². The summed E-state index contributed by atoms with van der Waals surface area (Å²) in [5.74, 6) is 0.356. The van der Waals surface area contributed by atoms with Crippen molar-refractivity contribution in [3.8, 4) is 6.07 Å². The molecule has 0 saturated carbocycles. The fourth-order valence-corrected chi connectivity index (χ4v) is 2.02. The number of rotatable bonds is 4. The first-order valence-corrected chi connectivity index (χ1v) is 6.38. The molecule has 2 aromatic rings. The summed E-state index contributed by atoms with van der Waals surface area (Å²) in [6.07, 6.45) is 3.28. The molecule has 1 amide bonds. The summed E-state index contributed by atoms with van der Waals surface area (Å²) in [5, 5.41) is 12.0. The number of imidazole rings is 1. The second-order valence-electron chi connectivity index (χ2n) is 4.28. The van der Waals surface area contributed by atoms with E-state index in [9.17, 15) is 4.79 Å². The zero-order valence-corrected chi connectivity index (χ0v) is 11.6. The summed E-state index contributed by atoms with van der Waals surface area (Å²) in [6.45, 7) is 0. The van der Waals surface area contributed by atoms with Gasteiger partial charge in [0.25, 0.3) is 0 Å². The zero-order valence-electron chi connectivity index (χ0n) is 10.9. The molecule has 102 valence electrons. The van der Waals surface area contributed by atoms with Gasteiger partial charge in [0.2, 0.25) is 5.91 Å². The molecule has 0 bridgehead atoms. The van der Waals surface area contributed by atoms with Crippen LogP contribution in [0.1, 0.15) is 23.9 Å². The van der Waals surface area contributed by atoms with Crippen molar-refractivity contribution in [3.63, 3.8) is 0 Å². The van der Waals surface area contributed by atoms with Crippen molar-refractivity contribution >= 4 is 17.5 Å². The molecule has 0 fully saturated rings. The number of halogens is 1. The maximum absolute atomic E-state index is 11.7. The monoisotopic (exact) mass is 288 g/mol. The van der Waals surface area contributed by atoms with Crippen LogP contribution >= 0.6 is 11.6 Å². The molecule has 1 N–H and O–H groups in total. The molecule has 5 nitrogen and oxygen atoms in total. The molecule has 1 heterocycles. The molecular weight excluding hydrogens is 276 g/mol. The van der Waals surface area contributed by atoms with Crippen molar-refractivity contribution in [3.05, 3.63) is 53.1 Å². The normalized spacial score (nSPS) is 11.7. The molecule has 2 rings (SSSR count). The number of nitrogens with one attached hydrogen (secondary N) is 1. The molecule has 6 heteroatoms. The van der Waals surface area contributed by atoms with E-state index in [0.29, 0.717) is 10.8 Å². The number of carbonyl (C=O) groups excluding carboxylic acids is 1. The predicted octanol–water partition coefficient (Wildman–Crippen LogP) is 2.19. The van der Waals surface area contributed by atoms with Gasteiger partial charge in [0.15, 0.2) is 0 Å². The topological polar surface area (TPSA) is 70.7 Å². The largest absolute Gasteiger partial charge is 0.341 e. The molecular formula is C14H13ClN4O. The van der Waals surface area contributed by atoms with E-state index < -0.39 is 6.04 Å². The summed E-state index contributed by atoms with van der Waals surface area (Å²) >= 11 is 5.88. The Labute approximate surface area is 121 Å². The molecule has 0 saturated heterocycles. The van der Waals surface area contributed by atoms with Crippen LogP contribution in [0.3, 0.4) is 0 Å². The molecule has 0 radical (unpaired) electrons. The quantitative estimate of drug-likeness (QED) is 0.937. The minimum atomic E-state index is -0.409. The third-order valence-electron chi connectivity index (χ3n) is 2.86. The van der Waals surface area contributed by atoms with Crippen LogP contribution in [0.2, 0.25) is 5.02 Å². The van der Waals surface area contributed by atoms with Crippen LogP contribution in [-0.2, 0) is 11.8 Å². The highest BCUT2D eigenvalue weighted by atomic mass is 35.5. The summed E-state index contributed by atoms with van der Waals surface area (Å²) in [5.41, 5.74) is 0.856. The SMILES string of the molecule is Cn1ccnc1C(NC(=O)CC#N)c1ccc(Cl)cc1. The van der Waals surface area contributed by atoms with Crippen molar-refractivity contribution in [2.24, 2.45) is 7.05 Å². The highest BCUT2D eigenvalue weighted by Gasteiger charge is 2.20. The van der Waals surface area contributed by atoms with Gasteiger partial charge in [0.1, 0.15) is 18.3 Å². The number of amides is 1. The first-order chi connectivity index (χ1) is 9.61. The van der Waals surface area contributed by atoms with Crippen LogP contribution < -0.4 is 5.32 Å². The van der Waals surface area contributed by atoms with Crippen molar-refractivity contribution in [1.29, 1.82) is 5.26 Å². The van der Waals surface area contributed by atoms with Gasteiger partial charge < -0.3 is 9.88 Å². The average molecular weight is 289 g/mol. The Balaban J connectivity index is 2.34. The van der Waals surface area contributed by atoms with Gasteiger partial charge in [-0.25, -0.2) is 4.98 Å². The van der Waals surface area contributed by atoms with Crippen LogP contribution in [0.5, 0.6) is 0 Å². The Bertz CT molecular complexity index is 642. The van der Waals surface area contributed by atoms with Gasteiger partial charge in [-0.1, -0.05) is 23.7 Å². The first kappa shape index (κ1) is 14.1. The minimum absolute atomic E-state index is 0.186. The van der Waals surface area contributed by atoms with Gasteiger partial charge in [0, 0.05) is 24.5 Å². The summed E-state index contributed by atoms with van der Waals surface area (Å²) < 4.78 is 1.83. The number of carbonyl (C=O) groups is 1. The maximum Gasteiger partial charge on any atom is 0.235 e. The second kappa shape index (κ2) is 6.22. The lowest BCUT2D eigenvalue weighted by molar-refractivity contribution is -0.120. The fraction of sp³-hybridized carbons (Fsp3) is 0.214. The summed E-state index contributed by atoms with van der Waals surface area (Å²) in [4.78, 5) is 16.0. The van der Waals surface area contributed by atoms with E-state index in [1.165, 1.54) is 0 Å². The first-order valence-electron chi connectivity index (χ1n) is 6.01. The Hall–Kier alpha value is -2.32. The van der Waals surface area contributed by atoms with Gasteiger partial charge in [-0.3, -0.25) is 4.79 Å². The van der Waals surface area contributed by atoms with Gasteiger partial charge in [-0.05, 0) is 17.7 Å². The van der Waals surface area contributed by atoms with Crippen LogP contribution in [0.4, 0.5) is 0 Å². The second-order valence-corrected chi connectivity index (χ2v) is 4.72. The molecule has 0 aliphatic heterocycles. The molecule has 0 aliphatic rings. The van der Waals surface area contributed by atoms with E-state index in [4.69, 9.17) is 16.9 Å². The van der Waals surface area contributed by atoms with E-state index in [1.807, 2.05) is 29.8 Å². The molecule has 0 spiro atoms. The number of hydrogen-bond donors (Lipinski definition) is 1. The van der Waals surface area contributed by atoms with Crippen LogP contribution in [-0.4, -0.2) is 15.5 Å². The van der Waals surface area contributed by atoms with Crippen molar-refractivity contribution < 1.29 is 4.79 Å². The number of hydrogen-bond acceptors (Lipinski definition) is 3. The summed E-state index contributed by atoms with van der Waals surface area (Å²) in [7, 11) is 1.85. The molecule has 1 atom stereocenters. The Morgan fingerprint density at radius 2 is 2.20 bits per heavy atom. The van der Waals surface area contributed by atoms with Crippen molar-refractivity contribution in [1.82, 2.24) is 14.9 Å². The third kappa shape index (κ3) is 3.16. The van der Waals surface area contributed by atoms with E-state index in [2.05, 4.69) is 10.3 Å². The van der Waals surface area contributed by atoms with Crippen LogP contribution in [0, 0.1) is 11.3 Å². The average Bonchev–Trinajstić information content (AvgIpc) is 2.84. The van der Waals surface area contributed by atoms with Gasteiger partial charge in [-0.15, -0.1) is 0 Å². The van der Waals surface area contributed by atoms with E-state index in [0.717, 1.165) is 5.56 Å². The highest BCUT2D eigenvalue weighted by molar-refractivity contribution is 6.30. The number of nitrogens with zero attached hydrogens (tertiary/aromatic N) is 3. The van der Waals surface area contributed by atoms with Crippen LogP contribution in [0.25, 0.3) is 0 Å². The zero-order chi connectivity index (χ0) is 14.5. The number of benzene rings is 1. The lowest BCUT2D eigenvalue weighted by Gasteiger charge is -2.18. The van der Waals surface area contributed by atoms with E-state index in [1.54, 1.807) is 24.5 Å². The van der Waals surface area contributed by atoms with Gasteiger partial charge in [-0.2, -0.15) is 5.26 Å². The smallest absolute Gasteiger partial charge is 0.235 e. The predicted molar refractivity (Wildman–Crippen MR) is 74.9 cm³/mol. The minimum Gasteiger partial charge on any atom is -0.341 e. The molecule has 0 aliphatic carbocycles. The number of aryl methyl sites for hydroxylation is 1. The fourth-order valence-electron chi connectivity index (χ4n) is 1.89. The van der Waals surface area contributed by atoms with E-state index in [-0.39, 0.29) is 12.3 Å². The van der Waals surface area contributed by atoms with Crippen LogP contribution in [0.15, 0.2) is 36.7 Å². The lowest BCUT2D eigenvalue weighted by Crippen LogP contribution is -2.30. The standard InChI is InChI=1S/C14H13ClN4O/c1-19-9-8-17-14(19)13(18-12(20)6-7-16)10-2-4-11(15)5-3-10/h2-5,8-9,13H,6H2,1H3,(H,18,20). The number of nitriles is 1. The van der Waals surface area contributed by atoms with Gasteiger partial charge >= 0.3 is 0 Å². The third-order valence-corrected chi connectivity index (χ3v) is 3.12. The molecule has 1 aromatic heterocycles. The van der Waals surface area contributed by atoms with Crippen molar-refractivity contribution in [2.45, 2.75) is 12.5 Å². The highest BCUT2D eigenvalue weighted by Crippen LogP contribution is 2.22. The molecule has 1 aromatic carbocycles. The number of aromatic nitrogens is 2. The Morgan fingerprint density at radius 1 is 1.50 bits per heavy atom.